The van der Waals surface area contributed by atoms with E-state index < -0.39 is 5.66 Å². The zero-order valence-corrected chi connectivity index (χ0v) is 16.3. The zero-order chi connectivity index (χ0) is 19.0. The van der Waals surface area contributed by atoms with E-state index >= 15 is 0 Å². The molecule has 0 saturated carbocycles. The minimum atomic E-state index is -0.497. The minimum Gasteiger partial charge on any atom is -0.338 e. The third-order valence-electron chi connectivity index (χ3n) is 4.95. The number of amides is 1. The highest BCUT2D eigenvalue weighted by atomic mass is 35.5. The Bertz CT molecular complexity index is 927. The Morgan fingerprint density at radius 3 is 2.30 bits per heavy atom. The van der Waals surface area contributed by atoms with E-state index in [0.717, 1.165) is 17.0 Å². The molecule has 1 spiro atoms. The summed E-state index contributed by atoms with van der Waals surface area (Å²) in [7, 11) is 0. The molecule has 0 atom stereocenters. The third-order valence-corrected chi connectivity index (χ3v) is 5.39. The first-order chi connectivity index (χ1) is 13.0. The van der Waals surface area contributed by atoms with Crippen molar-refractivity contribution >= 4 is 40.5 Å². The second-order valence-corrected chi connectivity index (χ2v) is 7.70. The van der Waals surface area contributed by atoms with Gasteiger partial charge in [-0.2, -0.15) is 0 Å². The van der Waals surface area contributed by atoms with Crippen LogP contribution < -0.4 is 0 Å². The predicted octanol–water partition coefficient (Wildman–Crippen LogP) is 4.28. The number of benzene rings is 1. The molecule has 1 saturated heterocycles. The molecule has 5 nitrogen and oxygen atoms in total. The van der Waals surface area contributed by atoms with E-state index in [2.05, 4.69) is 4.98 Å². The standard InChI is InChI=1S/C20H18Cl2N4O/c1-13-18(15-10-16(21)12-17(22)11-15)25-20(24-13)4-8-26(9-5-20)19(27)14-2-6-23-7-3-14/h2-3,6-7,10-12H,4-5,8-9H2,1H3. The van der Waals surface area contributed by atoms with E-state index in [1.165, 1.54) is 0 Å². The summed E-state index contributed by atoms with van der Waals surface area (Å²) in [6.45, 7) is 3.19. The molecule has 0 bridgehead atoms. The molecule has 3 heterocycles. The van der Waals surface area contributed by atoms with Gasteiger partial charge in [-0.1, -0.05) is 23.2 Å². The van der Waals surface area contributed by atoms with Crippen molar-refractivity contribution in [1.29, 1.82) is 0 Å². The van der Waals surface area contributed by atoms with Gasteiger partial charge in [-0.25, -0.2) is 0 Å². The lowest BCUT2D eigenvalue weighted by molar-refractivity contribution is 0.0679. The van der Waals surface area contributed by atoms with Crippen LogP contribution in [0.4, 0.5) is 0 Å². The third kappa shape index (κ3) is 3.62. The van der Waals surface area contributed by atoms with Gasteiger partial charge in [0.15, 0.2) is 5.66 Å². The molecule has 1 fully saturated rings. The Morgan fingerprint density at radius 1 is 1.04 bits per heavy atom. The van der Waals surface area contributed by atoms with Crippen molar-refractivity contribution in [1.82, 2.24) is 9.88 Å². The van der Waals surface area contributed by atoms with Crippen molar-refractivity contribution in [3.05, 3.63) is 63.9 Å². The Balaban J connectivity index is 1.53. The quantitative estimate of drug-likeness (QED) is 0.754. The highest BCUT2D eigenvalue weighted by molar-refractivity contribution is 6.49. The van der Waals surface area contributed by atoms with Gasteiger partial charge < -0.3 is 4.90 Å². The second kappa shape index (κ2) is 7.06. The number of likely N-dealkylation sites (tertiary alicyclic amines) is 1. The van der Waals surface area contributed by atoms with Crippen molar-refractivity contribution in [3.63, 3.8) is 0 Å². The first-order valence-electron chi connectivity index (χ1n) is 8.78. The molecule has 0 unspecified atom stereocenters. The lowest BCUT2D eigenvalue weighted by atomic mass is 9.98. The van der Waals surface area contributed by atoms with E-state index in [-0.39, 0.29) is 5.91 Å². The van der Waals surface area contributed by atoms with Crippen LogP contribution in [0, 0.1) is 0 Å². The van der Waals surface area contributed by atoms with Crippen molar-refractivity contribution in [2.75, 3.05) is 13.1 Å². The maximum Gasteiger partial charge on any atom is 0.253 e. The van der Waals surface area contributed by atoms with Crippen LogP contribution in [0.25, 0.3) is 0 Å². The van der Waals surface area contributed by atoms with Gasteiger partial charge in [0, 0.05) is 59.5 Å². The molecule has 1 amide bonds. The van der Waals surface area contributed by atoms with E-state index in [0.29, 0.717) is 41.5 Å². The molecule has 1 aromatic carbocycles. The number of rotatable bonds is 2. The maximum atomic E-state index is 12.6. The highest BCUT2D eigenvalue weighted by Crippen LogP contribution is 2.34. The Morgan fingerprint density at radius 2 is 1.67 bits per heavy atom. The molecule has 0 aliphatic carbocycles. The molecule has 4 rings (SSSR count). The van der Waals surface area contributed by atoms with E-state index in [1.807, 2.05) is 24.0 Å². The molecule has 1 aromatic heterocycles. The highest BCUT2D eigenvalue weighted by Gasteiger charge is 2.39. The molecule has 7 heteroatoms. The first kappa shape index (κ1) is 18.1. The number of aromatic nitrogens is 1. The van der Waals surface area contributed by atoms with E-state index in [1.54, 1.807) is 30.6 Å². The molecule has 27 heavy (non-hydrogen) atoms. The molecular weight excluding hydrogens is 383 g/mol. The number of hydrogen-bond acceptors (Lipinski definition) is 4. The van der Waals surface area contributed by atoms with Crippen LogP contribution in [-0.2, 0) is 0 Å². The van der Waals surface area contributed by atoms with Gasteiger partial charge in [0.1, 0.15) is 0 Å². The lowest BCUT2D eigenvalue weighted by Gasteiger charge is -2.35. The molecule has 2 aliphatic rings. The fourth-order valence-corrected chi connectivity index (χ4v) is 4.14. The summed E-state index contributed by atoms with van der Waals surface area (Å²) in [4.78, 5) is 28.2. The van der Waals surface area contributed by atoms with E-state index in [9.17, 15) is 4.79 Å². The topological polar surface area (TPSA) is 57.9 Å². The number of carbonyl (C=O) groups excluding carboxylic acids is 1. The van der Waals surface area contributed by atoms with Gasteiger partial charge in [0.2, 0.25) is 0 Å². The molecule has 2 aliphatic heterocycles. The molecule has 138 valence electrons. The van der Waals surface area contributed by atoms with Crippen molar-refractivity contribution in [2.24, 2.45) is 9.98 Å². The Labute approximate surface area is 167 Å². The normalized spacial score (nSPS) is 18.4. The summed E-state index contributed by atoms with van der Waals surface area (Å²) in [5.41, 5.74) is 2.74. The van der Waals surface area contributed by atoms with Gasteiger partial charge in [0.25, 0.3) is 5.91 Å². The van der Waals surface area contributed by atoms with E-state index in [4.69, 9.17) is 33.2 Å². The van der Waals surface area contributed by atoms with Gasteiger partial charge in [-0.15, -0.1) is 0 Å². The van der Waals surface area contributed by atoms with Crippen LogP contribution in [-0.4, -0.2) is 46.0 Å². The van der Waals surface area contributed by atoms with Crippen molar-refractivity contribution in [3.8, 4) is 0 Å². The van der Waals surface area contributed by atoms with Crippen LogP contribution in [0.3, 0.4) is 0 Å². The number of carbonyl (C=O) groups is 1. The minimum absolute atomic E-state index is 0.0248. The lowest BCUT2D eigenvalue weighted by Crippen LogP contribution is -2.44. The van der Waals surface area contributed by atoms with Gasteiger partial charge in [-0.3, -0.25) is 19.8 Å². The molecular formula is C20H18Cl2N4O. The first-order valence-corrected chi connectivity index (χ1v) is 9.54. The van der Waals surface area contributed by atoms with Crippen molar-refractivity contribution < 1.29 is 4.79 Å². The van der Waals surface area contributed by atoms with Gasteiger partial charge in [-0.05, 0) is 37.3 Å². The summed E-state index contributed by atoms with van der Waals surface area (Å²) in [5.74, 6) is 0.0248. The number of aliphatic imine (C=N–C) groups is 2. The van der Waals surface area contributed by atoms with Crippen LogP contribution >= 0.6 is 23.2 Å². The number of nitrogens with zero attached hydrogens (tertiary/aromatic N) is 4. The number of pyridine rings is 1. The second-order valence-electron chi connectivity index (χ2n) is 6.83. The number of hydrogen-bond donors (Lipinski definition) is 0. The Kier molecular flexibility index (Phi) is 4.74. The fourth-order valence-electron chi connectivity index (χ4n) is 3.61. The summed E-state index contributed by atoms with van der Waals surface area (Å²) in [6.07, 6.45) is 4.66. The predicted molar refractivity (Wildman–Crippen MR) is 108 cm³/mol. The number of piperidine rings is 1. The van der Waals surface area contributed by atoms with Crippen LogP contribution in [0.2, 0.25) is 10.0 Å². The van der Waals surface area contributed by atoms with Crippen LogP contribution in [0.5, 0.6) is 0 Å². The van der Waals surface area contributed by atoms with Gasteiger partial charge >= 0.3 is 0 Å². The molecule has 0 N–H and O–H groups in total. The molecule has 2 aromatic rings. The van der Waals surface area contributed by atoms with Crippen LogP contribution in [0.1, 0.15) is 35.7 Å². The smallest absolute Gasteiger partial charge is 0.253 e. The largest absolute Gasteiger partial charge is 0.338 e. The summed E-state index contributed by atoms with van der Waals surface area (Å²) in [5, 5.41) is 1.15. The molecule has 0 radical (unpaired) electrons. The maximum absolute atomic E-state index is 12.6. The number of halogens is 2. The zero-order valence-electron chi connectivity index (χ0n) is 14.8. The summed E-state index contributed by atoms with van der Waals surface area (Å²) >= 11 is 12.3. The van der Waals surface area contributed by atoms with Gasteiger partial charge in [0.05, 0.1) is 11.4 Å². The summed E-state index contributed by atoms with van der Waals surface area (Å²) < 4.78 is 0. The monoisotopic (exact) mass is 400 g/mol. The average molecular weight is 401 g/mol. The summed E-state index contributed by atoms with van der Waals surface area (Å²) in [6, 6.07) is 8.89. The SMILES string of the molecule is CC1=NC2(CCN(C(=O)c3ccncc3)CC2)N=C1c1cc(Cl)cc(Cl)c1. The fraction of sp³-hybridized carbons (Fsp3) is 0.300. The van der Waals surface area contributed by atoms with Crippen molar-refractivity contribution in [2.45, 2.75) is 25.4 Å². The average Bonchev–Trinajstić information content (AvgIpc) is 2.98. The Hall–Kier alpha value is -2.24. The van der Waals surface area contributed by atoms with Crippen LogP contribution in [0.15, 0.2) is 52.7 Å².